The lowest BCUT2D eigenvalue weighted by Gasteiger charge is -2.00. The lowest BCUT2D eigenvalue weighted by molar-refractivity contribution is 0.631. The molecule has 0 bridgehead atoms. The molecule has 0 aliphatic heterocycles. The minimum absolute atomic E-state index is 0.789. The maximum absolute atomic E-state index is 4.12. The molecule has 1 heterocycles. The molecule has 11 heavy (non-hydrogen) atoms. The van der Waals surface area contributed by atoms with Crippen molar-refractivity contribution in [1.29, 1.82) is 0 Å². The molecule has 0 aliphatic rings. The topological polar surface area (TPSA) is 28.7 Å². The first kappa shape index (κ1) is 8.65. The van der Waals surface area contributed by atoms with Crippen LogP contribution < -0.4 is 0 Å². The predicted molar refractivity (Wildman–Crippen MR) is 48.8 cm³/mol. The van der Waals surface area contributed by atoms with Crippen molar-refractivity contribution in [1.82, 2.24) is 9.97 Å². The highest BCUT2D eigenvalue weighted by atomic mass is 32.2. The Morgan fingerprint density at radius 1 is 1.64 bits per heavy atom. The summed E-state index contributed by atoms with van der Waals surface area (Å²) in [6, 6.07) is 0. The van der Waals surface area contributed by atoms with Gasteiger partial charge in [0.05, 0.1) is 0 Å². The maximum Gasteiger partial charge on any atom is 0.165 e. The zero-order chi connectivity index (χ0) is 8.10. The summed E-state index contributed by atoms with van der Waals surface area (Å²) in [5, 5.41) is 1.03. The summed E-state index contributed by atoms with van der Waals surface area (Å²) >= 11 is 1.79. The Hall–Kier alpha value is -0.440. The van der Waals surface area contributed by atoms with Crippen LogP contribution in [0, 0.1) is 5.92 Å². The van der Waals surface area contributed by atoms with Gasteiger partial charge in [-0.15, -0.1) is 0 Å². The van der Waals surface area contributed by atoms with Gasteiger partial charge in [0.2, 0.25) is 0 Å². The van der Waals surface area contributed by atoms with E-state index in [0.29, 0.717) is 0 Å². The van der Waals surface area contributed by atoms with E-state index in [-0.39, 0.29) is 0 Å². The van der Waals surface area contributed by atoms with Crippen LogP contribution in [0.25, 0.3) is 0 Å². The molecule has 2 nitrogen and oxygen atoms in total. The smallest absolute Gasteiger partial charge is 0.165 e. The quantitative estimate of drug-likeness (QED) is 0.703. The van der Waals surface area contributed by atoms with Gasteiger partial charge >= 0.3 is 0 Å². The van der Waals surface area contributed by atoms with Gasteiger partial charge in [-0.05, 0) is 12.3 Å². The Morgan fingerprint density at radius 2 is 2.45 bits per heavy atom. The van der Waals surface area contributed by atoms with Crippen LogP contribution in [-0.4, -0.2) is 15.7 Å². The number of H-pyrrole nitrogens is 1. The number of thioether (sulfide) groups is 1. The molecule has 0 amide bonds. The molecule has 0 aliphatic carbocycles. The third-order valence-electron chi connectivity index (χ3n) is 1.41. The number of imidazole rings is 1. The van der Waals surface area contributed by atoms with Crippen LogP contribution >= 0.6 is 11.8 Å². The van der Waals surface area contributed by atoms with E-state index in [9.17, 15) is 0 Å². The molecular weight excluding hydrogens is 156 g/mol. The van der Waals surface area contributed by atoms with Gasteiger partial charge in [-0.25, -0.2) is 4.98 Å². The summed E-state index contributed by atoms with van der Waals surface area (Å²) < 4.78 is 0. The highest BCUT2D eigenvalue weighted by Crippen LogP contribution is 2.15. The zero-order valence-electron chi connectivity index (χ0n) is 7.00. The van der Waals surface area contributed by atoms with Gasteiger partial charge in [0.25, 0.3) is 0 Å². The molecule has 1 N–H and O–H groups in total. The van der Waals surface area contributed by atoms with E-state index in [1.165, 1.54) is 6.42 Å². The fraction of sp³-hybridized carbons (Fsp3) is 0.625. The van der Waals surface area contributed by atoms with Gasteiger partial charge in [-0.3, -0.25) is 0 Å². The molecule has 0 fully saturated rings. The molecule has 0 saturated heterocycles. The van der Waals surface area contributed by atoms with Crippen LogP contribution in [0.5, 0.6) is 0 Å². The van der Waals surface area contributed by atoms with Gasteiger partial charge in [0, 0.05) is 18.1 Å². The second-order valence-electron chi connectivity index (χ2n) is 2.93. The van der Waals surface area contributed by atoms with Gasteiger partial charge in [0.15, 0.2) is 5.16 Å². The molecule has 0 saturated carbocycles. The Morgan fingerprint density at radius 3 is 3.00 bits per heavy atom. The fourth-order valence-corrected chi connectivity index (χ4v) is 1.79. The van der Waals surface area contributed by atoms with Crippen LogP contribution in [0.2, 0.25) is 0 Å². The van der Waals surface area contributed by atoms with E-state index in [4.69, 9.17) is 0 Å². The Bertz CT molecular complexity index is 182. The number of rotatable bonds is 4. The maximum atomic E-state index is 4.12. The minimum Gasteiger partial charge on any atom is -0.340 e. The fourth-order valence-electron chi connectivity index (χ4n) is 0.721. The summed E-state index contributed by atoms with van der Waals surface area (Å²) in [7, 11) is 0. The van der Waals surface area contributed by atoms with Crippen LogP contribution in [0.1, 0.15) is 20.3 Å². The molecule has 0 aromatic carbocycles. The molecule has 62 valence electrons. The summed E-state index contributed by atoms with van der Waals surface area (Å²) in [6.45, 7) is 4.48. The third kappa shape index (κ3) is 3.46. The van der Waals surface area contributed by atoms with Crippen molar-refractivity contribution < 1.29 is 0 Å². The van der Waals surface area contributed by atoms with Crippen molar-refractivity contribution >= 4 is 11.8 Å². The minimum atomic E-state index is 0.789. The molecule has 1 aromatic rings. The number of aromatic nitrogens is 2. The van der Waals surface area contributed by atoms with Gasteiger partial charge in [-0.2, -0.15) is 0 Å². The average Bonchev–Trinajstić information content (AvgIpc) is 2.39. The van der Waals surface area contributed by atoms with E-state index in [1.807, 2.05) is 6.20 Å². The Labute approximate surface area is 71.8 Å². The molecule has 3 heteroatoms. The molecule has 0 radical (unpaired) electrons. The number of hydrogen-bond acceptors (Lipinski definition) is 2. The first-order chi connectivity index (χ1) is 5.29. The number of nitrogens with one attached hydrogen (secondary N) is 1. The van der Waals surface area contributed by atoms with Crippen molar-refractivity contribution in [3.05, 3.63) is 12.4 Å². The third-order valence-corrected chi connectivity index (χ3v) is 2.34. The van der Waals surface area contributed by atoms with Crippen molar-refractivity contribution in [2.24, 2.45) is 5.92 Å². The zero-order valence-corrected chi connectivity index (χ0v) is 7.82. The summed E-state index contributed by atoms with van der Waals surface area (Å²) in [5.41, 5.74) is 0. The molecule has 0 spiro atoms. The van der Waals surface area contributed by atoms with E-state index >= 15 is 0 Å². The highest BCUT2D eigenvalue weighted by molar-refractivity contribution is 7.99. The first-order valence-corrected chi connectivity index (χ1v) is 4.90. The van der Waals surface area contributed by atoms with Crippen molar-refractivity contribution in [3.63, 3.8) is 0 Å². The van der Waals surface area contributed by atoms with Crippen LogP contribution in [0.3, 0.4) is 0 Å². The average molecular weight is 170 g/mol. The summed E-state index contributed by atoms with van der Waals surface area (Å²) in [5.74, 6) is 1.95. The largest absolute Gasteiger partial charge is 0.340 e. The normalized spacial score (nSPS) is 10.8. The SMILES string of the molecule is CC(C)CCSc1ncc[nH]1. The number of nitrogens with zero attached hydrogens (tertiary/aromatic N) is 1. The summed E-state index contributed by atoms with van der Waals surface area (Å²) in [6.07, 6.45) is 4.90. The standard InChI is InChI=1S/C8H14N2S/c1-7(2)3-6-11-8-9-4-5-10-8/h4-5,7H,3,6H2,1-2H3,(H,9,10). The lowest BCUT2D eigenvalue weighted by Crippen LogP contribution is -1.89. The Kier molecular flexibility index (Phi) is 3.49. The predicted octanol–water partition coefficient (Wildman–Crippen LogP) is 2.55. The van der Waals surface area contributed by atoms with Crippen molar-refractivity contribution in [3.8, 4) is 0 Å². The van der Waals surface area contributed by atoms with Gasteiger partial charge in [0.1, 0.15) is 0 Å². The second-order valence-corrected chi connectivity index (χ2v) is 4.01. The monoisotopic (exact) mass is 170 g/mol. The molecule has 1 aromatic heterocycles. The Balaban J connectivity index is 2.14. The summed E-state index contributed by atoms with van der Waals surface area (Å²) in [4.78, 5) is 7.18. The molecule has 0 unspecified atom stereocenters. The van der Waals surface area contributed by atoms with E-state index in [0.717, 1.165) is 16.8 Å². The van der Waals surface area contributed by atoms with Crippen LogP contribution in [0.4, 0.5) is 0 Å². The molecule has 0 atom stereocenters. The number of hydrogen-bond donors (Lipinski definition) is 1. The number of aromatic amines is 1. The van der Waals surface area contributed by atoms with Gasteiger partial charge in [-0.1, -0.05) is 25.6 Å². The van der Waals surface area contributed by atoms with Crippen molar-refractivity contribution in [2.75, 3.05) is 5.75 Å². The van der Waals surface area contributed by atoms with Crippen molar-refractivity contribution in [2.45, 2.75) is 25.4 Å². The van der Waals surface area contributed by atoms with E-state index < -0.39 is 0 Å². The van der Waals surface area contributed by atoms with E-state index in [2.05, 4.69) is 23.8 Å². The lowest BCUT2D eigenvalue weighted by atomic mass is 10.2. The van der Waals surface area contributed by atoms with Gasteiger partial charge < -0.3 is 4.98 Å². The molecular formula is C8H14N2S. The first-order valence-electron chi connectivity index (χ1n) is 3.91. The molecule has 1 rings (SSSR count). The van der Waals surface area contributed by atoms with Crippen LogP contribution in [-0.2, 0) is 0 Å². The second kappa shape index (κ2) is 4.44. The van der Waals surface area contributed by atoms with Crippen LogP contribution in [0.15, 0.2) is 17.6 Å². The highest BCUT2D eigenvalue weighted by Gasteiger charge is 1.97. The van der Waals surface area contributed by atoms with E-state index in [1.54, 1.807) is 18.0 Å².